The molecule has 0 atom stereocenters. The van der Waals surface area contributed by atoms with Crippen LogP contribution >= 0.6 is 0 Å². The van der Waals surface area contributed by atoms with Crippen molar-refractivity contribution in [2.45, 2.75) is 13.5 Å². The summed E-state index contributed by atoms with van der Waals surface area (Å²) in [6.07, 6.45) is 1.55. The van der Waals surface area contributed by atoms with Gasteiger partial charge in [-0.2, -0.15) is 0 Å². The third kappa shape index (κ3) is 2.95. The van der Waals surface area contributed by atoms with Crippen LogP contribution < -0.4 is 11.1 Å². The number of hydrogen-bond donors (Lipinski definition) is 2. The molecule has 1 aromatic carbocycles. The van der Waals surface area contributed by atoms with Crippen LogP contribution in [0.1, 0.15) is 21.6 Å². The van der Waals surface area contributed by atoms with Crippen molar-refractivity contribution in [3.63, 3.8) is 0 Å². The zero-order valence-electron chi connectivity index (χ0n) is 10.5. The number of anilines is 1. The molecule has 0 saturated carbocycles. The van der Waals surface area contributed by atoms with Crippen molar-refractivity contribution in [1.29, 1.82) is 0 Å². The normalized spacial score (nSPS) is 10.3. The highest BCUT2D eigenvalue weighted by atomic mass is 19.1. The first-order valence-electron chi connectivity index (χ1n) is 5.83. The number of benzene rings is 1. The highest BCUT2D eigenvalue weighted by molar-refractivity contribution is 6.03. The summed E-state index contributed by atoms with van der Waals surface area (Å²) in [4.78, 5) is 16.0. The van der Waals surface area contributed by atoms with Gasteiger partial charge in [-0.15, -0.1) is 0 Å². The summed E-state index contributed by atoms with van der Waals surface area (Å²) in [5.41, 5.74) is 7.40. The van der Waals surface area contributed by atoms with Crippen molar-refractivity contribution in [3.05, 3.63) is 59.2 Å². The van der Waals surface area contributed by atoms with Crippen molar-refractivity contribution < 1.29 is 9.18 Å². The highest BCUT2D eigenvalue weighted by Gasteiger charge is 2.10. The SMILES string of the molecule is Cc1c(F)cccc1NC(=O)c1ccc(CN)cn1. The van der Waals surface area contributed by atoms with E-state index in [9.17, 15) is 9.18 Å². The van der Waals surface area contributed by atoms with Gasteiger partial charge in [0.05, 0.1) is 0 Å². The molecule has 1 aromatic heterocycles. The van der Waals surface area contributed by atoms with Crippen LogP contribution in [0.15, 0.2) is 36.5 Å². The Bertz CT molecular complexity index is 596. The van der Waals surface area contributed by atoms with Crippen LogP contribution in [0.2, 0.25) is 0 Å². The number of halogens is 1. The molecular weight excluding hydrogens is 245 g/mol. The molecule has 0 radical (unpaired) electrons. The summed E-state index contributed by atoms with van der Waals surface area (Å²) in [5.74, 6) is -0.735. The molecule has 5 heteroatoms. The maximum absolute atomic E-state index is 13.3. The topological polar surface area (TPSA) is 68.0 Å². The first-order chi connectivity index (χ1) is 9.11. The molecule has 1 amide bonds. The van der Waals surface area contributed by atoms with E-state index in [1.54, 1.807) is 37.4 Å². The van der Waals surface area contributed by atoms with E-state index in [0.29, 0.717) is 17.8 Å². The van der Waals surface area contributed by atoms with Crippen molar-refractivity contribution in [1.82, 2.24) is 4.98 Å². The minimum Gasteiger partial charge on any atom is -0.326 e. The van der Waals surface area contributed by atoms with E-state index in [1.165, 1.54) is 6.07 Å². The molecule has 0 aliphatic heterocycles. The van der Waals surface area contributed by atoms with E-state index in [1.807, 2.05) is 0 Å². The maximum atomic E-state index is 13.3. The highest BCUT2D eigenvalue weighted by Crippen LogP contribution is 2.18. The quantitative estimate of drug-likeness (QED) is 0.888. The minimum atomic E-state index is -0.378. The molecule has 1 heterocycles. The molecule has 0 saturated heterocycles. The maximum Gasteiger partial charge on any atom is 0.274 e. The predicted octanol–water partition coefficient (Wildman–Crippen LogP) is 2.24. The van der Waals surface area contributed by atoms with E-state index in [0.717, 1.165) is 5.56 Å². The van der Waals surface area contributed by atoms with Crippen LogP contribution in [0.25, 0.3) is 0 Å². The first-order valence-corrected chi connectivity index (χ1v) is 5.83. The predicted molar refractivity (Wildman–Crippen MR) is 71.2 cm³/mol. The fourth-order valence-electron chi connectivity index (χ4n) is 1.61. The molecule has 0 aliphatic carbocycles. The van der Waals surface area contributed by atoms with Gasteiger partial charge in [-0.05, 0) is 30.7 Å². The monoisotopic (exact) mass is 259 g/mol. The zero-order valence-corrected chi connectivity index (χ0v) is 10.5. The van der Waals surface area contributed by atoms with Gasteiger partial charge >= 0.3 is 0 Å². The van der Waals surface area contributed by atoms with Crippen molar-refractivity contribution >= 4 is 11.6 Å². The number of nitrogens with one attached hydrogen (secondary N) is 1. The second kappa shape index (κ2) is 5.58. The Morgan fingerprint density at radius 3 is 2.79 bits per heavy atom. The Morgan fingerprint density at radius 1 is 1.37 bits per heavy atom. The molecule has 0 spiro atoms. The number of rotatable bonds is 3. The molecule has 0 bridgehead atoms. The molecule has 3 N–H and O–H groups in total. The molecule has 2 aromatic rings. The van der Waals surface area contributed by atoms with Crippen molar-refractivity contribution in [2.24, 2.45) is 5.73 Å². The lowest BCUT2D eigenvalue weighted by molar-refractivity contribution is 0.102. The number of nitrogens with two attached hydrogens (primary N) is 1. The van der Waals surface area contributed by atoms with Crippen LogP contribution in [0.3, 0.4) is 0 Å². The molecule has 19 heavy (non-hydrogen) atoms. The molecule has 4 nitrogen and oxygen atoms in total. The number of pyridine rings is 1. The van der Waals surface area contributed by atoms with E-state index >= 15 is 0 Å². The average molecular weight is 259 g/mol. The zero-order chi connectivity index (χ0) is 13.8. The summed E-state index contributed by atoms with van der Waals surface area (Å²) in [6.45, 7) is 1.98. The Kier molecular flexibility index (Phi) is 3.87. The van der Waals surface area contributed by atoms with Crippen LogP contribution in [0, 0.1) is 12.7 Å². The fraction of sp³-hybridized carbons (Fsp3) is 0.143. The summed E-state index contributed by atoms with van der Waals surface area (Å²) in [5, 5.41) is 2.63. The van der Waals surface area contributed by atoms with Gasteiger partial charge < -0.3 is 11.1 Å². The van der Waals surface area contributed by atoms with Gasteiger partial charge in [0.2, 0.25) is 0 Å². The smallest absolute Gasteiger partial charge is 0.274 e. The standard InChI is InChI=1S/C14H14FN3O/c1-9-11(15)3-2-4-12(9)18-14(19)13-6-5-10(7-16)8-17-13/h2-6,8H,7,16H2,1H3,(H,18,19). The van der Waals surface area contributed by atoms with E-state index in [2.05, 4.69) is 10.3 Å². The average Bonchev–Trinajstić information content (AvgIpc) is 2.44. The van der Waals surface area contributed by atoms with Gasteiger partial charge in [0.15, 0.2) is 0 Å². The lowest BCUT2D eigenvalue weighted by Crippen LogP contribution is -2.15. The van der Waals surface area contributed by atoms with Gasteiger partial charge in [0.1, 0.15) is 11.5 Å². The summed E-state index contributed by atoms with van der Waals surface area (Å²) >= 11 is 0. The van der Waals surface area contributed by atoms with Crippen molar-refractivity contribution in [3.8, 4) is 0 Å². The Labute approximate surface area is 110 Å². The van der Waals surface area contributed by atoms with Crippen LogP contribution in [-0.4, -0.2) is 10.9 Å². The van der Waals surface area contributed by atoms with Crippen LogP contribution in [0.4, 0.5) is 10.1 Å². The van der Waals surface area contributed by atoms with E-state index < -0.39 is 0 Å². The first kappa shape index (κ1) is 13.2. The van der Waals surface area contributed by atoms with Gasteiger partial charge in [0, 0.05) is 24.0 Å². The van der Waals surface area contributed by atoms with Gasteiger partial charge in [-0.1, -0.05) is 12.1 Å². The summed E-state index contributed by atoms with van der Waals surface area (Å²) in [6, 6.07) is 7.86. The van der Waals surface area contributed by atoms with E-state index in [-0.39, 0.29) is 17.4 Å². The number of carbonyl (C=O) groups is 1. The fourth-order valence-corrected chi connectivity index (χ4v) is 1.61. The summed E-state index contributed by atoms with van der Waals surface area (Å²) < 4.78 is 13.3. The Balaban J connectivity index is 2.18. The van der Waals surface area contributed by atoms with Crippen LogP contribution in [-0.2, 0) is 6.54 Å². The third-order valence-electron chi connectivity index (χ3n) is 2.81. The molecule has 0 aliphatic rings. The second-order valence-electron chi connectivity index (χ2n) is 4.12. The number of aromatic nitrogens is 1. The lowest BCUT2D eigenvalue weighted by atomic mass is 10.2. The number of amides is 1. The van der Waals surface area contributed by atoms with Gasteiger partial charge in [0.25, 0.3) is 5.91 Å². The minimum absolute atomic E-state index is 0.265. The number of hydrogen-bond acceptors (Lipinski definition) is 3. The third-order valence-corrected chi connectivity index (χ3v) is 2.81. The molecule has 98 valence electrons. The van der Waals surface area contributed by atoms with Gasteiger partial charge in [-0.3, -0.25) is 9.78 Å². The molecule has 2 rings (SSSR count). The van der Waals surface area contributed by atoms with Crippen molar-refractivity contribution in [2.75, 3.05) is 5.32 Å². The second-order valence-corrected chi connectivity index (χ2v) is 4.12. The van der Waals surface area contributed by atoms with Gasteiger partial charge in [-0.25, -0.2) is 4.39 Å². The summed E-state index contributed by atoms with van der Waals surface area (Å²) in [7, 11) is 0. The number of carbonyl (C=O) groups excluding carboxylic acids is 1. The van der Waals surface area contributed by atoms with E-state index in [4.69, 9.17) is 5.73 Å². The van der Waals surface area contributed by atoms with Crippen LogP contribution in [0.5, 0.6) is 0 Å². The molecule has 0 fully saturated rings. The molecular formula is C14H14FN3O. The lowest BCUT2D eigenvalue weighted by Gasteiger charge is -2.08. The largest absolute Gasteiger partial charge is 0.326 e. The number of nitrogens with zero attached hydrogens (tertiary/aromatic N) is 1. The Hall–Kier alpha value is -2.27. The molecule has 0 unspecified atom stereocenters. The Morgan fingerprint density at radius 2 is 2.16 bits per heavy atom.